The van der Waals surface area contributed by atoms with Crippen LogP contribution in [-0.2, 0) is 65.4 Å². The van der Waals surface area contributed by atoms with Gasteiger partial charge in [-0.15, -0.1) is 0 Å². The molecule has 102 heavy (non-hydrogen) atoms. The molecule has 0 fully saturated rings. The lowest BCUT2D eigenvalue weighted by molar-refractivity contribution is -0.161. The van der Waals surface area contributed by atoms with Crippen molar-refractivity contribution in [1.82, 2.24) is 0 Å². The number of phosphoric acid groups is 2. The van der Waals surface area contributed by atoms with Crippen molar-refractivity contribution < 1.29 is 80.2 Å². The van der Waals surface area contributed by atoms with Crippen LogP contribution in [0.3, 0.4) is 0 Å². The van der Waals surface area contributed by atoms with Crippen molar-refractivity contribution in [3.05, 3.63) is 0 Å². The van der Waals surface area contributed by atoms with Gasteiger partial charge >= 0.3 is 39.5 Å². The molecule has 0 saturated carbocycles. The largest absolute Gasteiger partial charge is 0.472 e. The zero-order chi connectivity index (χ0) is 74.9. The van der Waals surface area contributed by atoms with Crippen molar-refractivity contribution in [3.63, 3.8) is 0 Å². The van der Waals surface area contributed by atoms with Gasteiger partial charge in [-0.25, -0.2) is 9.13 Å². The summed E-state index contributed by atoms with van der Waals surface area (Å²) in [6.45, 7) is 9.69. The van der Waals surface area contributed by atoms with Crippen molar-refractivity contribution in [2.45, 2.75) is 458 Å². The molecule has 17 nitrogen and oxygen atoms in total. The van der Waals surface area contributed by atoms with Gasteiger partial charge in [0, 0.05) is 25.7 Å². The van der Waals surface area contributed by atoms with Crippen LogP contribution >= 0.6 is 15.6 Å². The van der Waals surface area contributed by atoms with E-state index >= 15 is 0 Å². The van der Waals surface area contributed by atoms with E-state index in [2.05, 4.69) is 41.5 Å². The summed E-state index contributed by atoms with van der Waals surface area (Å²) in [5.74, 6) is -0.508. The number of rotatable bonds is 82. The Morgan fingerprint density at radius 1 is 0.265 bits per heavy atom. The third-order valence-corrected chi connectivity index (χ3v) is 21.4. The number of carbonyl (C=O) groups is 4. The van der Waals surface area contributed by atoms with Crippen molar-refractivity contribution >= 4 is 39.5 Å². The normalized spacial score (nSPS) is 13.9. The lowest BCUT2D eigenvalue weighted by atomic mass is 10.0. The summed E-state index contributed by atoms with van der Waals surface area (Å²) in [5, 5.41) is 10.7. The highest BCUT2D eigenvalue weighted by molar-refractivity contribution is 7.47. The van der Waals surface area contributed by atoms with Crippen LogP contribution in [0.5, 0.6) is 0 Å². The summed E-state index contributed by atoms with van der Waals surface area (Å²) in [6.07, 6.45) is 65.2. The van der Waals surface area contributed by atoms with E-state index in [1.807, 2.05) is 0 Å². The van der Waals surface area contributed by atoms with Crippen molar-refractivity contribution in [2.75, 3.05) is 39.6 Å². The minimum atomic E-state index is -4.96. The highest BCUT2D eigenvalue weighted by atomic mass is 31.2. The van der Waals surface area contributed by atoms with Gasteiger partial charge in [-0.3, -0.25) is 37.3 Å². The smallest absolute Gasteiger partial charge is 0.462 e. The minimum absolute atomic E-state index is 0.108. The molecule has 0 aliphatic carbocycles. The standard InChI is InChI=1S/C83H162O17P2/c1-7-9-11-13-15-17-18-19-20-21-22-25-31-36-42-48-54-60-66-81(86)94-72-79(100-83(88)67-61-55-49-43-37-32-26-23-24-29-34-40-45-51-57-63-75(3)4)74-98-102(91,92)96-70-77(84)69-95-101(89,90)97-73-78(71-93-80(85)65-59-53-47-39-16-14-12-10-8-2)99-82(87)68-62-56-50-44-38-33-28-27-30-35-41-46-52-58-64-76(5)6/h75-79,84H,7-74H2,1-6H3,(H,89,90)(H,91,92)/t77-,78+,79+/m0/s1. The second-order valence-electron chi connectivity index (χ2n) is 30.8. The van der Waals surface area contributed by atoms with Crippen LogP contribution in [0.2, 0.25) is 0 Å². The monoisotopic (exact) mass is 1490 g/mol. The zero-order valence-electron chi connectivity index (χ0n) is 66.9. The predicted molar refractivity (Wildman–Crippen MR) is 418 cm³/mol. The van der Waals surface area contributed by atoms with Crippen molar-refractivity contribution in [1.29, 1.82) is 0 Å². The summed E-state index contributed by atoms with van der Waals surface area (Å²) >= 11 is 0. The molecule has 0 radical (unpaired) electrons. The van der Waals surface area contributed by atoms with E-state index in [1.165, 1.54) is 257 Å². The van der Waals surface area contributed by atoms with Gasteiger partial charge in [-0.1, -0.05) is 388 Å². The molecule has 0 aromatic carbocycles. The Labute approximate surface area is 626 Å². The first kappa shape index (κ1) is 100. The number of carbonyl (C=O) groups excluding carboxylic acids is 4. The molecule has 0 aliphatic heterocycles. The Hall–Kier alpha value is -1.94. The van der Waals surface area contributed by atoms with Gasteiger partial charge in [-0.2, -0.15) is 0 Å². The molecule has 2 unspecified atom stereocenters. The maximum Gasteiger partial charge on any atom is 0.472 e. The first-order valence-corrected chi connectivity index (χ1v) is 46.0. The molecule has 606 valence electrons. The van der Waals surface area contributed by atoms with Crippen LogP contribution in [0.4, 0.5) is 0 Å². The average Bonchev–Trinajstić information content (AvgIpc) is 0.937. The summed E-state index contributed by atoms with van der Waals surface area (Å²) in [5.41, 5.74) is 0. The van der Waals surface area contributed by atoms with E-state index in [1.54, 1.807) is 0 Å². The van der Waals surface area contributed by atoms with Crippen molar-refractivity contribution in [3.8, 4) is 0 Å². The minimum Gasteiger partial charge on any atom is -0.462 e. The summed E-state index contributed by atoms with van der Waals surface area (Å²) in [6, 6.07) is 0. The molecular weight excluding hydrogens is 1330 g/mol. The number of hydrogen-bond donors (Lipinski definition) is 3. The number of phosphoric ester groups is 2. The molecule has 0 aromatic heterocycles. The van der Waals surface area contributed by atoms with Gasteiger partial charge in [-0.05, 0) is 37.5 Å². The SMILES string of the molecule is CCCCCCCCCCCCCCCCCCCCC(=O)OC[C@H](COP(=O)(O)OC[C@@H](O)COP(=O)(O)OC[C@@H](COC(=O)CCCCCCCCCCC)OC(=O)CCCCCCCCCCCCCCCCC(C)C)OC(=O)CCCCCCCCCCCCCCCCCC(C)C. The molecule has 0 rings (SSSR count). The zero-order valence-corrected chi connectivity index (χ0v) is 68.7. The molecule has 0 amide bonds. The van der Waals surface area contributed by atoms with Crippen LogP contribution in [0.1, 0.15) is 440 Å². The summed E-state index contributed by atoms with van der Waals surface area (Å²) in [7, 11) is -9.92. The van der Waals surface area contributed by atoms with Crippen LogP contribution in [0.15, 0.2) is 0 Å². The Morgan fingerprint density at radius 3 is 0.667 bits per heavy atom. The fraction of sp³-hybridized carbons (Fsp3) is 0.952. The van der Waals surface area contributed by atoms with Gasteiger partial charge in [0.15, 0.2) is 12.2 Å². The number of unbranched alkanes of at least 4 members (excludes halogenated alkanes) is 52. The lowest BCUT2D eigenvalue weighted by Gasteiger charge is -2.21. The van der Waals surface area contributed by atoms with Gasteiger partial charge in [0.05, 0.1) is 26.4 Å². The van der Waals surface area contributed by atoms with Crippen LogP contribution in [-0.4, -0.2) is 96.7 Å². The number of aliphatic hydroxyl groups is 1. The molecule has 0 saturated heterocycles. The molecule has 5 atom stereocenters. The Balaban J connectivity index is 5.22. The van der Waals surface area contributed by atoms with Gasteiger partial charge in [0.2, 0.25) is 0 Å². The second-order valence-corrected chi connectivity index (χ2v) is 33.7. The van der Waals surface area contributed by atoms with Gasteiger partial charge in [0.1, 0.15) is 19.3 Å². The van der Waals surface area contributed by atoms with Crippen LogP contribution in [0.25, 0.3) is 0 Å². The highest BCUT2D eigenvalue weighted by Gasteiger charge is 2.30. The molecule has 19 heteroatoms. The van der Waals surface area contributed by atoms with E-state index in [9.17, 15) is 43.2 Å². The maximum atomic E-state index is 13.1. The predicted octanol–water partition coefficient (Wildman–Crippen LogP) is 25.1. The first-order valence-electron chi connectivity index (χ1n) is 43.0. The molecule has 0 bridgehead atoms. The third kappa shape index (κ3) is 76.3. The lowest BCUT2D eigenvalue weighted by Crippen LogP contribution is -2.30. The number of aliphatic hydroxyl groups excluding tert-OH is 1. The molecular formula is C83H162O17P2. The fourth-order valence-electron chi connectivity index (χ4n) is 12.9. The topological polar surface area (TPSA) is 237 Å². The average molecular weight is 1490 g/mol. The Kier molecular flexibility index (Phi) is 73.1. The molecule has 0 aromatic rings. The van der Waals surface area contributed by atoms with Crippen LogP contribution < -0.4 is 0 Å². The Bertz CT molecular complexity index is 1960. The number of hydrogen-bond acceptors (Lipinski definition) is 15. The van der Waals surface area contributed by atoms with E-state index < -0.39 is 97.5 Å². The Morgan fingerprint density at radius 2 is 0.451 bits per heavy atom. The first-order chi connectivity index (χ1) is 49.4. The molecule has 0 spiro atoms. The van der Waals surface area contributed by atoms with E-state index in [-0.39, 0.29) is 25.7 Å². The van der Waals surface area contributed by atoms with Crippen molar-refractivity contribution in [2.24, 2.45) is 11.8 Å². The maximum absolute atomic E-state index is 13.1. The number of esters is 4. The van der Waals surface area contributed by atoms with Gasteiger partial charge in [0.25, 0.3) is 0 Å². The van der Waals surface area contributed by atoms with E-state index in [0.717, 1.165) is 102 Å². The van der Waals surface area contributed by atoms with E-state index in [4.69, 9.17) is 37.0 Å². The second kappa shape index (κ2) is 74.5. The van der Waals surface area contributed by atoms with E-state index in [0.29, 0.717) is 25.7 Å². The molecule has 0 heterocycles. The van der Waals surface area contributed by atoms with Gasteiger partial charge < -0.3 is 33.8 Å². The van der Waals surface area contributed by atoms with Crippen LogP contribution in [0, 0.1) is 11.8 Å². The number of ether oxygens (including phenoxy) is 4. The highest BCUT2D eigenvalue weighted by Crippen LogP contribution is 2.45. The molecule has 3 N–H and O–H groups in total. The summed E-state index contributed by atoms with van der Waals surface area (Å²) < 4.78 is 68.8. The molecule has 0 aliphatic rings. The quantitative estimate of drug-likeness (QED) is 0.0222. The summed E-state index contributed by atoms with van der Waals surface area (Å²) in [4.78, 5) is 73.1. The fourth-order valence-corrected chi connectivity index (χ4v) is 14.5. The third-order valence-electron chi connectivity index (χ3n) is 19.5.